The minimum atomic E-state index is -0.680. The van der Waals surface area contributed by atoms with Gasteiger partial charge in [-0.1, -0.05) is 24.3 Å². The third-order valence-corrected chi connectivity index (χ3v) is 4.49. The van der Waals surface area contributed by atoms with Crippen LogP contribution in [0.2, 0.25) is 0 Å². The first-order valence-electron chi connectivity index (χ1n) is 9.03. The topological polar surface area (TPSA) is 70.2 Å². The van der Waals surface area contributed by atoms with Crippen molar-refractivity contribution in [1.82, 2.24) is 10.6 Å². The largest absolute Gasteiger partial charge is 0.346 e. The maximum atomic E-state index is 13.8. The normalized spacial score (nSPS) is 12.9. The fourth-order valence-electron chi connectivity index (χ4n) is 2.91. The van der Waals surface area contributed by atoms with Crippen molar-refractivity contribution in [2.24, 2.45) is 0 Å². The minimum absolute atomic E-state index is 0.183. The number of carbonyl (C=O) groups is 2. The summed E-state index contributed by atoms with van der Waals surface area (Å²) in [5.41, 5.74) is 2.86. The van der Waals surface area contributed by atoms with E-state index in [0.29, 0.717) is 0 Å². The average Bonchev–Trinajstić information content (AvgIpc) is 2.62. The molecule has 3 N–H and O–H groups in total. The number of hydrogen-bond acceptors (Lipinski definition) is 3. The predicted octanol–water partition coefficient (Wildman–Crippen LogP) is 3.38. The first kappa shape index (κ1) is 21.5. The number of para-hydroxylation sites is 1. The number of hydrogen-bond donors (Lipinski definition) is 3. The van der Waals surface area contributed by atoms with E-state index in [1.807, 2.05) is 32.0 Å². The standard InChI is InChI=1S/C21H25F2N3O2/c1-12-6-5-7-13(2)20(12)26-19(27)11-24-21(28)15(4)25-14(3)17-9-8-16(22)10-18(17)23/h5-10,14-15,25H,11H2,1-4H3,(H,24,28)(H,26,27)/t14-,15-/m1/s1. The summed E-state index contributed by atoms with van der Waals surface area (Å²) in [4.78, 5) is 24.4. The maximum absolute atomic E-state index is 13.8. The number of nitrogens with one attached hydrogen (secondary N) is 3. The van der Waals surface area contributed by atoms with Crippen LogP contribution in [0, 0.1) is 25.5 Å². The van der Waals surface area contributed by atoms with Crippen LogP contribution in [0.15, 0.2) is 36.4 Å². The van der Waals surface area contributed by atoms with Crippen LogP contribution < -0.4 is 16.0 Å². The Bertz CT molecular complexity index is 850. The number of halogens is 2. The van der Waals surface area contributed by atoms with Gasteiger partial charge < -0.3 is 10.6 Å². The molecule has 0 saturated carbocycles. The van der Waals surface area contributed by atoms with Gasteiger partial charge in [0.1, 0.15) is 11.6 Å². The van der Waals surface area contributed by atoms with Crippen molar-refractivity contribution in [3.8, 4) is 0 Å². The Hall–Kier alpha value is -2.80. The molecule has 0 aromatic heterocycles. The van der Waals surface area contributed by atoms with Crippen molar-refractivity contribution in [2.75, 3.05) is 11.9 Å². The second-order valence-corrected chi connectivity index (χ2v) is 6.81. The number of benzene rings is 2. The van der Waals surface area contributed by atoms with E-state index in [9.17, 15) is 18.4 Å². The van der Waals surface area contributed by atoms with Gasteiger partial charge in [-0.3, -0.25) is 14.9 Å². The summed E-state index contributed by atoms with van der Waals surface area (Å²) in [5.74, 6) is -2.07. The highest BCUT2D eigenvalue weighted by Crippen LogP contribution is 2.19. The van der Waals surface area contributed by atoms with Gasteiger partial charge in [0.25, 0.3) is 0 Å². The van der Waals surface area contributed by atoms with Crippen LogP contribution in [0.1, 0.15) is 36.6 Å². The van der Waals surface area contributed by atoms with Gasteiger partial charge in [0.05, 0.1) is 12.6 Å². The zero-order valence-electron chi connectivity index (χ0n) is 16.4. The van der Waals surface area contributed by atoms with Gasteiger partial charge in [-0.25, -0.2) is 8.78 Å². The molecule has 0 fully saturated rings. The molecule has 150 valence electrons. The van der Waals surface area contributed by atoms with Crippen LogP contribution in [-0.2, 0) is 9.59 Å². The van der Waals surface area contributed by atoms with Gasteiger partial charge in [-0.05, 0) is 44.9 Å². The van der Waals surface area contributed by atoms with Gasteiger partial charge in [-0.15, -0.1) is 0 Å². The Kier molecular flexibility index (Phi) is 7.23. The summed E-state index contributed by atoms with van der Waals surface area (Å²) in [6.45, 7) is 6.88. The molecule has 0 aliphatic heterocycles. The second-order valence-electron chi connectivity index (χ2n) is 6.81. The third-order valence-electron chi connectivity index (χ3n) is 4.49. The van der Waals surface area contributed by atoms with E-state index >= 15 is 0 Å². The first-order valence-corrected chi connectivity index (χ1v) is 9.03. The molecule has 0 unspecified atom stereocenters. The number of carbonyl (C=O) groups excluding carboxylic acids is 2. The molecule has 0 aliphatic rings. The van der Waals surface area contributed by atoms with Crippen molar-refractivity contribution in [3.05, 3.63) is 64.7 Å². The van der Waals surface area contributed by atoms with Gasteiger partial charge in [0.2, 0.25) is 11.8 Å². The molecule has 0 spiro atoms. The van der Waals surface area contributed by atoms with Crippen molar-refractivity contribution >= 4 is 17.5 Å². The number of anilines is 1. The lowest BCUT2D eigenvalue weighted by Crippen LogP contribution is -2.45. The molecule has 0 aliphatic carbocycles. The van der Waals surface area contributed by atoms with Crippen LogP contribution in [-0.4, -0.2) is 24.4 Å². The first-order chi connectivity index (χ1) is 13.2. The summed E-state index contributed by atoms with van der Waals surface area (Å²) >= 11 is 0. The highest BCUT2D eigenvalue weighted by Gasteiger charge is 2.19. The lowest BCUT2D eigenvalue weighted by Gasteiger charge is -2.20. The fraction of sp³-hybridized carbons (Fsp3) is 0.333. The van der Waals surface area contributed by atoms with E-state index in [0.717, 1.165) is 22.9 Å². The van der Waals surface area contributed by atoms with Crippen LogP contribution in [0.4, 0.5) is 14.5 Å². The zero-order valence-corrected chi connectivity index (χ0v) is 16.4. The van der Waals surface area contributed by atoms with Crippen molar-refractivity contribution in [2.45, 2.75) is 39.8 Å². The zero-order chi connectivity index (χ0) is 20.8. The average molecular weight is 389 g/mol. The van der Waals surface area contributed by atoms with E-state index in [2.05, 4.69) is 16.0 Å². The Labute approximate surface area is 163 Å². The molecule has 2 aromatic rings. The van der Waals surface area contributed by atoms with E-state index < -0.39 is 29.6 Å². The number of amides is 2. The molecule has 2 rings (SSSR count). The lowest BCUT2D eigenvalue weighted by molar-refractivity contribution is -0.125. The Morgan fingerprint density at radius 2 is 1.68 bits per heavy atom. The Morgan fingerprint density at radius 1 is 1.04 bits per heavy atom. The SMILES string of the molecule is Cc1cccc(C)c1NC(=O)CNC(=O)[C@@H](C)N[C@H](C)c1ccc(F)cc1F. The third kappa shape index (κ3) is 5.60. The van der Waals surface area contributed by atoms with Crippen molar-refractivity contribution in [3.63, 3.8) is 0 Å². The maximum Gasteiger partial charge on any atom is 0.243 e. The molecule has 0 radical (unpaired) electrons. The lowest BCUT2D eigenvalue weighted by atomic mass is 10.1. The summed E-state index contributed by atoms with van der Waals surface area (Å²) in [5, 5.41) is 8.29. The molecule has 7 heteroatoms. The van der Waals surface area contributed by atoms with Gasteiger partial charge in [-0.2, -0.15) is 0 Å². The smallest absolute Gasteiger partial charge is 0.243 e. The number of rotatable bonds is 7. The highest BCUT2D eigenvalue weighted by atomic mass is 19.1. The molecule has 2 aromatic carbocycles. The van der Waals surface area contributed by atoms with Gasteiger partial charge in [0, 0.05) is 23.4 Å². The molecule has 2 atom stereocenters. The quantitative estimate of drug-likeness (QED) is 0.680. The van der Waals surface area contributed by atoms with Crippen LogP contribution in [0.3, 0.4) is 0 Å². The summed E-state index contributed by atoms with van der Waals surface area (Å²) in [6, 6.07) is 7.81. The van der Waals surface area contributed by atoms with Gasteiger partial charge >= 0.3 is 0 Å². The van der Waals surface area contributed by atoms with Crippen molar-refractivity contribution in [1.29, 1.82) is 0 Å². The number of aryl methyl sites for hydroxylation is 2. The highest BCUT2D eigenvalue weighted by molar-refractivity contribution is 5.96. The fourth-order valence-corrected chi connectivity index (χ4v) is 2.91. The van der Waals surface area contributed by atoms with E-state index in [1.54, 1.807) is 13.8 Å². The van der Waals surface area contributed by atoms with Crippen molar-refractivity contribution < 1.29 is 18.4 Å². The summed E-state index contributed by atoms with van der Waals surface area (Å²) in [7, 11) is 0. The molecular weight excluding hydrogens is 364 g/mol. The molecule has 0 bridgehead atoms. The molecular formula is C21H25F2N3O2. The predicted molar refractivity (Wildman–Crippen MR) is 105 cm³/mol. The Morgan fingerprint density at radius 3 is 2.29 bits per heavy atom. The molecule has 0 heterocycles. The van der Waals surface area contributed by atoms with E-state index in [-0.39, 0.29) is 18.0 Å². The van der Waals surface area contributed by atoms with Gasteiger partial charge in [0.15, 0.2) is 0 Å². The molecule has 2 amide bonds. The molecule has 5 nitrogen and oxygen atoms in total. The van der Waals surface area contributed by atoms with E-state index in [1.165, 1.54) is 12.1 Å². The van der Waals surface area contributed by atoms with Crippen LogP contribution >= 0.6 is 0 Å². The second kappa shape index (κ2) is 9.41. The molecule has 28 heavy (non-hydrogen) atoms. The monoisotopic (exact) mass is 389 g/mol. The van der Waals surface area contributed by atoms with E-state index in [4.69, 9.17) is 0 Å². The summed E-state index contributed by atoms with van der Waals surface area (Å²) in [6.07, 6.45) is 0. The van der Waals surface area contributed by atoms with Crippen LogP contribution in [0.25, 0.3) is 0 Å². The Balaban J connectivity index is 1.87. The minimum Gasteiger partial charge on any atom is -0.346 e. The molecule has 0 saturated heterocycles. The van der Waals surface area contributed by atoms with Crippen LogP contribution in [0.5, 0.6) is 0 Å². The summed E-state index contributed by atoms with van der Waals surface area (Å²) < 4.78 is 26.9.